The van der Waals surface area contributed by atoms with E-state index in [0.29, 0.717) is 23.4 Å². The second kappa shape index (κ2) is 6.20. The van der Waals surface area contributed by atoms with Crippen LogP contribution in [0.5, 0.6) is 0 Å². The number of likely N-dealkylation sites (tertiary alicyclic amines) is 1. The largest absolute Gasteiger partial charge is 0.373 e. The molecule has 2 N–H and O–H groups in total. The van der Waals surface area contributed by atoms with E-state index in [9.17, 15) is 4.79 Å². The van der Waals surface area contributed by atoms with Gasteiger partial charge in [-0.3, -0.25) is 9.69 Å². The predicted octanol–water partition coefficient (Wildman–Crippen LogP) is 1.88. The molecule has 6 heteroatoms. The second-order valence-corrected chi connectivity index (χ2v) is 6.28. The molecule has 2 saturated heterocycles. The van der Waals surface area contributed by atoms with E-state index >= 15 is 0 Å². The average Bonchev–Trinajstić information content (AvgIpc) is 2.49. The van der Waals surface area contributed by atoms with Gasteiger partial charge in [0.1, 0.15) is 5.82 Å². The summed E-state index contributed by atoms with van der Waals surface area (Å²) in [6.45, 7) is 2.75. The van der Waals surface area contributed by atoms with E-state index in [-0.39, 0.29) is 5.91 Å². The molecule has 114 valence electrons. The molecule has 0 radical (unpaired) electrons. The van der Waals surface area contributed by atoms with Gasteiger partial charge < -0.3 is 10.6 Å². The Morgan fingerprint density at radius 3 is 3.14 bits per heavy atom. The van der Waals surface area contributed by atoms with E-state index < -0.39 is 0 Å². The maximum atomic E-state index is 11.4. The normalized spacial score (nSPS) is 26.1. The van der Waals surface area contributed by atoms with Crippen molar-refractivity contribution < 1.29 is 4.79 Å². The number of hydrogen-bond acceptors (Lipinski definition) is 4. The molecule has 2 aliphatic heterocycles. The lowest BCUT2D eigenvalue weighted by Gasteiger charge is -2.41. The van der Waals surface area contributed by atoms with Crippen LogP contribution in [0.1, 0.15) is 25.0 Å². The lowest BCUT2D eigenvalue weighted by molar-refractivity contribution is -0.125. The summed E-state index contributed by atoms with van der Waals surface area (Å²) in [6, 6.07) is 4.13. The van der Waals surface area contributed by atoms with E-state index in [1.54, 1.807) is 0 Å². The quantitative estimate of drug-likeness (QED) is 0.895. The molecular formula is C15H21ClN4O. The number of nitrogens with zero attached hydrogens (tertiary/aromatic N) is 2. The van der Waals surface area contributed by atoms with Crippen LogP contribution >= 0.6 is 11.6 Å². The van der Waals surface area contributed by atoms with Crippen LogP contribution in [0.2, 0.25) is 5.02 Å². The highest BCUT2D eigenvalue weighted by molar-refractivity contribution is 6.31. The molecule has 3 heterocycles. The third-order valence-electron chi connectivity index (χ3n) is 4.45. The Labute approximate surface area is 130 Å². The topological polar surface area (TPSA) is 57.3 Å². The van der Waals surface area contributed by atoms with Gasteiger partial charge in [-0.2, -0.15) is 0 Å². The maximum Gasteiger partial charge on any atom is 0.220 e. The summed E-state index contributed by atoms with van der Waals surface area (Å²) in [7, 11) is 1.86. The zero-order valence-electron chi connectivity index (χ0n) is 12.2. The number of amides is 1. The monoisotopic (exact) mass is 308 g/mol. The number of halogens is 1. The number of aromatic nitrogens is 1. The number of piperidine rings is 2. The molecule has 0 spiro atoms. The third-order valence-corrected chi connectivity index (χ3v) is 4.80. The molecule has 0 aliphatic carbocycles. The van der Waals surface area contributed by atoms with Crippen molar-refractivity contribution in [2.45, 2.75) is 31.8 Å². The zero-order valence-corrected chi connectivity index (χ0v) is 13.0. The summed E-state index contributed by atoms with van der Waals surface area (Å²) >= 11 is 6.25. The minimum Gasteiger partial charge on any atom is -0.373 e. The second-order valence-electron chi connectivity index (χ2n) is 5.87. The van der Waals surface area contributed by atoms with Gasteiger partial charge in [-0.25, -0.2) is 4.98 Å². The van der Waals surface area contributed by atoms with Crippen LogP contribution in [0.25, 0.3) is 0 Å². The Hall–Kier alpha value is -1.33. The Kier molecular flexibility index (Phi) is 4.31. The van der Waals surface area contributed by atoms with Gasteiger partial charge in [-0.15, -0.1) is 0 Å². The van der Waals surface area contributed by atoms with Crippen molar-refractivity contribution >= 4 is 23.3 Å². The first kappa shape index (κ1) is 14.6. The highest BCUT2D eigenvalue weighted by Crippen LogP contribution is 2.27. The van der Waals surface area contributed by atoms with Crippen molar-refractivity contribution in [2.24, 2.45) is 5.92 Å². The fourth-order valence-corrected chi connectivity index (χ4v) is 3.44. The molecule has 2 unspecified atom stereocenters. The van der Waals surface area contributed by atoms with Gasteiger partial charge in [0.15, 0.2) is 0 Å². The Bertz CT molecular complexity index is 536. The zero-order chi connectivity index (χ0) is 14.8. The van der Waals surface area contributed by atoms with Gasteiger partial charge in [-0.1, -0.05) is 11.6 Å². The molecule has 2 atom stereocenters. The minimum absolute atomic E-state index is 0.205. The van der Waals surface area contributed by atoms with Gasteiger partial charge in [-0.05, 0) is 30.9 Å². The molecule has 1 aromatic heterocycles. The summed E-state index contributed by atoms with van der Waals surface area (Å²) in [4.78, 5) is 18.4. The van der Waals surface area contributed by atoms with Crippen molar-refractivity contribution in [3.8, 4) is 0 Å². The van der Waals surface area contributed by atoms with Crippen LogP contribution in [0.15, 0.2) is 12.1 Å². The number of pyridine rings is 1. The Morgan fingerprint density at radius 1 is 1.48 bits per heavy atom. The average molecular weight is 309 g/mol. The first-order valence-corrected chi connectivity index (χ1v) is 7.88. The SMILES string of the molecule is CNc1ccc(Cl)c(CN2CCC3NC(=O)CCC3C2)n1. The molecule has 1 amide bonds. The van der Waals surface area contributed by atoms with Gasteiger partial charge >= 0.3 is 0 Å². The fourth-order valence-electron chi connectivity index (χ4n) is 3.28. The predicted molar refractivity (Wildman–Crippen MR) is 83.3 cm³/mol. The number of carbonyl (C=O) groups excluding carboxylic acids is 1. The number of fused-ring (bicyclic) bond motifs is 1. The number of carbonyl (C=O) groups is 1. The van der Waals surface area contributed by atoms with Crippen LogP contribution in [0.4, 0.5) is 5.82 Å². The Balaban J connectivity index is 1.65. The third kappa shape index (κ3) is 3.30. The summed E-state index contributed by atoms with van der Waals surface area (Å²) in [5.74, 6) is 1.60. The van der Waals surface area contributed by atoms with E-state index in [0.717, 1.165) is 44.0 Å². The summed E-state index contributed by atoms with van der Waals surface area (Å²) in [6.07, 6.45) is 2.66. The summed E-state index contributed by atoms with van der Waals surface area (Å²) < 4.78 is 0. The number of anilines is 1. The lowest BCUT2D eigenvalue weighted by atomic mass is 9.85. The summed E-state index contributed by atoms with van der Waals surface area (Å²) in [5.41, 5.74) is 0.918. The van der Waals surface area contributed by atoms with Gasteiger partial charge in [0.2, 0.25) is 5.91 Å². The highest BCUT2D eigenvalue weighted by atomic mass is 35.5. The molecule has 0 aromatic carbocycles. The first-order valence-electron chi connectivity index (χ1n) is 7.50. The maximum absolute atomic E-state index is 11.4. The van der Waals surface area contributed by atoms with E-state index in [1.807, 2.05) is 19.2 Å². The van der Waals surface area contributed by atoms with Crippen molar-refractivity contribution in [3.05, 3.63) is 22.8 Å². The molecule has 0 saturated carbocycles. The number of hydrogen-bond donors (Lipinski definition) is 2. The Morgan fingerprint density at radius 2 is 2.33 bits per heavy atom. The van der Waals surface area contributed by atoms with Gasteiger partial charge in [0.25, 0.3) is 0 Å². The smallest absolute Gasteiger partial charge is 0.220 e. The van der Waals surface area contributed by atoms with Gasteiger partial charge in [0.05, 0.1) is 10.7 Å². The lowest BCUT2D eigenvalue weighted by Crippen LogP contribution is -2.53. The van der Waals surface area contributed by atoms with Crippen LogP contribution in [0.3, 0.4) is 0 Å². The van der Waals surface area contributed by atoms with Crippen molar-refractivity contribution in [1.82, 2.24) is 15.2 Å². The molecular weight excluding hydrogens is 288 g/mol. The van der Waals surface area contributed by atoms with Crippen molar-refractivity contribution in [3.63, 3.8) is 0 Å². The number of rotatable bonds is 3. The van der Waals surface area contributed by atoms with E-state index in [4.69, 9.17) is 11.6 Å². The van der Waals surface area contributed by atoms with E-state index in [2.05, 4.69) is 20.5 Å². The minimum atomic E-state index is 0.205. The molecule has 1 aromatic rings. The standard InChI is InChI=1S/C15H21ClN4O/c1-17-14-4-3-11(16)13(18-14)9-20-7-6-12-10(8-20)2-5-15(21)19-12/h3-4,10,12H,2,5-9H2,1H3,(H,17,18)(H,19,21). The highest BCUT2D eigenvalue weighted by Gasteiger charge is 2.33. The van der Waals surface area contributed by atoms with Crippen molar-refractivity contribution in [2.75, 3.05) is 25.5 Å². The fraction of sp³-hybridized carbons (Fsp3) is 0.600. The molecule has 0 bridgehead atoms. The molecule has 2 aliphatic rings. The van der Waals surface area contributed by atoms with Crippen LogP contribution in [-0.2, 0) is 11.3 Å². The molecule has 5 nitrogen and oxygen atoms in total. The number of nitrogens with one attached hydrogen (secondary N) is 2. The van der Waals surface area contributed by atoms with Crippen LogP contribution in [-0.4, -0.2) is 42.0 Å². The first-order chi connectivity index (χ1) is 10.2. The van der Waals surface area contributed by atoms with Crippen LogP contribution in [0, 0.1) is 5.92 Å². The summed E-state index contributed by atoms with van der Waals surface area (Å²) in [5, 5.41) is 6.88. The van der Waals surface area contributed by atoms with Gasteiger partial charge in [0, 0.05) is 39.1 Å². The van der Waals surface area contributed by atoms with E-state index in [1.165, 1.54) is 0 Å². The van der Waals surface area contributed by atoms with Crippen LogP contribution < -0.4 is 10.6 Å². The molecule has 21 heavy (non-hydrogen) atoms. The molecule has 2 fully saturated rings. The molecule has 3 rings (SSSR count). The van der Waals surface area contributed by atoms with Crippen molar-refractivity contribution in [1.29, 1.82) is 0 Å².